The molecule has 4 heteroatoms. The van der Waals surface area contributed by atoms with Crippen molar-refractivity contribution in [1.29, 1.82) is 0 Å². The SMILES string of the molecule is CN=Cc1ncccc1OCCN(C)C. The number of aromatic nitrogens is 1. The van der Waals surface area contributed by atoms with Crippen LogP contribution < -0.4 is 4.74 Å². The summed E-state index contributed by atoms with van der Waals surface area (Å²) in [4.78, 5) is 10.2. The maximum atomic E-state index is 5.61. The van der Waals surface area contributed by atoms with Crippen molar-refractivity contribution in [1.82, 2.24) is 9.88 Å². The number of ether oxygens (including phenoxy) is 1. The van der Waals surface area contributed by atoms with Crippen LogP contribution in [-0.2, 0) is 0 Å². The molecule has 0 saturated heterocycles. The fourth-order valence-electron chi connectivity index (χ4n) is 1.08. The predicted octanol–water partition coefficient (Wildman–Crippen LogP) is 1.07. The van der Waals surface area contributed by atoms with Crippen molar-refractivity contribution in [2.75, 3.05) is 34.3 Å². The third-order valence-corrected chi connectivity index (χ3v) is 1.85. The van der Waals surface area contributed by atoms with Gasteiger partial charge in [0.25, 0.3) is 0 Å². The van der Waals surface area contributed by atoms with Gasteiger partial charge in [-0.15, -0.1) is 0 Å². The van der Waals surface area contributed by atoms with E-state index in [2.05, 4.69) is 14.9 Å². The normalized spacial score (nSPS) is 11.2. The van der Waals surface area contributed by atoms with Gasteiger partial charge in [-0.25, -0.2) is 0 Å². The molecule has 82 valence electrons. The Morgan fingerprint density at radius 3 is 3.00 bits per heavy atom. The largest absolute Gasteiger partial charge is 0.490 e. The van der Waals surface area contributed by atoms with Crippen LogP contribution in [-0.4, -0.2) is 50.4 Å². The van der Waals surface area contributed by atoms with Crippen LogP contribution in [0.4, 0.5) is 0 Å². The first kappa shape index (κ1) is 11.7. The summed E-state index contributed by atoms with van der Waals surface area (Å²) in [5.74, 6) is 0.782. The number of hydrogen-bond donors (Lipinski definition) is 0. The van der Waals surface area contributed by atoms with Gasteiger partial charge in [-0.05, 0) is 26.2 Å². The number of nitrogens with zero attached hydrogens (tertiary/aromatic N) is 3. The zero-order valence-corrected chi connectivity index (χ0v) is 9.47. The Labute approximate surface area is 90.6 Å². The van der Waals surface area contributed by atoms with Gasteiger partial charge in [-0.1, -0.05) is 0 Å². The summed E-state index contributed by atoms with van der Waals surface area (Å²) < 4.78 is 5.61. The zero-order valence-electron chi connectivity index (χ0n) is 9.47. The minimum atomic E-state index is 0.656. The van der Waals surface area contributed by atoms with Crippen LogP contribution in [0.25, 0.3) is 0 Å². The zero-order chi connectivity index (χ0) is 11.1. The first-order valence-electron chi connectivity index (χ1n) is 4.88. The maximum absolute atomic E-state index is 5.61. The fraction of sp³-hybridized carbons (Fsp3) is 0.455. The first-order chi connectivity index (χ1) is 7.24. The number of hydrogen-bond acceptors (Lipinski definition) is 4. The van der Waals surface area contributed by atoms with E-state index in [0.29, 0.717) is 6.61 Å². The fourth-order valence-corrected chi connectivity index (χ4v) is 1.08. The standard InChI is InChI=1S/C11H17N3O/c1-12-9-10-11(5-4-6-13-10)15-8-7-14(2)3/h4-6,9H,7-8H2,1-3H3. The van der Waals surface area contributed by atoms with Gasteiger partial charge in [0.2, 0.25) is 0 Å². The van der Waals surface area contributed by atoms with Crippen molar-refractivity contribution < 1.29 is 4.74 Å². The number of rotatable bonds is 5. The highest BCUT2D eigenvalue weighted by Crippen LogP contribution is 2.12. The van der Waals surface area contributed by atoms with Crippen LogP contribution in [0.5, 0.6) is 5.75 Å². The molecular weight excluding hydrogens is 190 g/mol. The van der Waals surface area contributed by atoms with Crippen LogP contribution in [0.15, 0.2) is 23.3 Å². The third kappa shape index (κ3) is 4.08. The maximum Gasteiger partial charge on any atom is 0.146 e. The summed E-state index contributed by atoms with van der Waals surface area (Å²) in [6.45, 7) is 1.54. The molecule has 1 aromatic heterocycles. The Morgan fingerprint density at radius 2 is 2.33 bits per heavy atom. The smallest absolute Gasteiger partial charge is 0.146 e. The summed E-state index contributed by atoms with van der Waals surface area (Å²) in [6.07, 6.45) is 3.43. The minimum Gasteiger partial charge on any atom is -0.490 e. The van der Waals surface area contributed by atoms with E-state index in [-0.39, 0.29) is 0 Å². The van der Waals surface area contributed by atoms with E-state index < -0.39 is 0 Å². The van der Waals surface area contributed by atoms with Crippen LogP contribution in [0.1, 0.15) is 5.69 Å². The van der Waals surface area contributed by atoms with Gasteiger partial charge < -0.3 is 9.64 Å². The van der Waals surface area contributed by atoms with Gasteiger partial charge in [0.1, 0.15) is 18.1 Å². The summed E-state index contributed by atoms with van der Waals surface area (Å²) in [5.41, 5.74) is 0.777. The molecule has 0 atom stereocenters. The molecule has 1 rings (SSSR count). The highest BCUT2D eigenvalue weighted by atomic mass is 16.5. The van der Waals surface area contributed by atoms with Gasteiger partial charge in [-0.3, -0.25) is 9.98 Å². The van der Waals surface area contributed by atoms with Gasteiger partial charge in [0, 0.05) is 19.8 Å². The summed E-state index contributed by atoms with van der Waals surface area (Å²) >= 11 is 0. The van der Waals surface area contributed by atoms with E-state index in [1.165, 1.54) is 0 Å². The lowest BCUT2D eigenvalue weighted by Gasteiger charge is -2.11. The van der Waals surface area contributed by atoms with Crippen LogP contribution in [0.3, 0.4) is 0 Å². The van der Waals surface area contributed by atoms with Gasteiger partial charge in [0.15, 0.2) is 0 Å². The van der Waals surface area contributed by atoms with Gasteiger partial charge >= 0.3 is 0 Å². The van der Waals surface area contributed by atoms with Crippen LogP contribution in [0.2, 0.25) is 0 Å². The summed E-state index contributed by atoms with van der Waals surface area (Å²) in [5, 5.41) is 0. The average Bonchev–Trinajstić information content (AvgIpc) is 2.20. The molecule has 0 aliphatic rings. The Hall–Kier alpha value is -1.42. The molecule has 1 aromatic rings. The molecular formula is C11H17N3O. The molecule has 0 fully saturated rings. The molecule has 0 spiro atoms. The van der Waals surface area contributed by atoms with E-state index in [1.807, 2.05) is 26.2 Å². The summed E-state index contributed by atoms with van der Waals surface area (Å²) in [7, 11) is 5.75. The monoisotopic (exact) mass is 207 g/mol. The van der Waals surface area contributed by atoms with Gasteiger partial charge in [0.05, 0.1) is 6.21 Å². The average molecular weight is 207 g/mol. The molecule has 1 heterocycles. The third-order valence-electron chi connectivity index (χ3n) is 1.85. The molecule has 0 aliphatic heterocycles. The van der Waals surface area contributed by atoms with Crippen LogP contribution in [0, 0.1) is 0 Å². The molecule has 0 radical (unpaired) electrons. The van der Waals surface area contributed by atoms with Crippen molar-refractivity contribution in [2.45, 2.75) is 0 Å². The van der Waals surface area contributed by atoms with E-state index in [9.17, 15) is 0 Å². The molecule has 0 amide bonds. The Balaban J connectivity index is 2.59. The van der Waals surface area contributed by atoms with Crippen molar-refractivity contribution in [3.8, 4) is 5.75 Å². The van der Waals surface area contributed by atoms with Crippen molar-refractivity contribution in [3.05, 3.63) is 24.0 Å². The molecule has 0 saturated carbocycles. The van der Waals surface area contributed by atoms with Crippen molar-refractivity contribution >= 4 is 6.21 Å². The molecule has 0 unspecified atom stereocenters. The lowest BCUT2D eigenvalue weighted by atomic mass is 10.3. The number of pyridine rings is 1. The van der Waals surface area contributed by atoms with Crippen molar-refractivity contribution in [2.24, 2.45) is 4.99 Å². The second-order valence-electron chi connectivity index (χ2n) is 3.43. The van der Waals surface area contributed by atoms with E-state index >= 15 is 0 Å². The van der Waals surface area contributed by atoms with Crippen LogP contribution >= 0.6 is 0 Å². The van der Waals surface area contributed by atoms with E-state index in [1.54, 1.807) is 19.5 Å². The number of aliphatic imine (C=N–C) groups is 1. The van der Waals surface area contributed by atoms with E-state index in [0.717, 1.165) is 18.0 Å². The topological polar surface area (TPSA) is 37.7 Å². The molecule has 4 nitrogen and oxygen atoms in total. The second kappa shape index (κ2) is 6.14. The second-order valence-corrected chi connectivity index (χ2v) is 3.43. The highest BCUT2D eigenvalue weighted by Gasteiger charge is 2.01. The van der Waals surface area contributed by atoms with Gasteiger partial charge in [-0.2, -0.15) is 0 Å². The molecule has 15 heavy (non-hydrogen) atoms. The quantitative estimate of drug-likeness (QED) is 0.678. The number of likely N-dealkylation sites (N-methyl/N-ethyl adjacent to an activating group) is 1. The lowest BCUT2D eigenvalue weighted by Crippen LogP contribution is -2.19. The Bertz CT molecular complexity index is 323. The molecule has 0 N–H and O–H groups in total. The predicted molar refractivity (Wildman–Crippen MR) is 61.8 cm³/mol. The Morgan fingerprint density at radius 1 is 1.53 bits per heavy atom. The summed E-state index contributed by atoms with van der Waals surface area (Å²) in [6, 6.07) is 3.76. The lowest BCUT2D eigenvalue weighted by molar-refractivity contribution is 0.260. The Kier molecular flexibility index (Phi) is 4.77. The molecule has 0 aliphatic carbocycles. The first-order valence-corrected chi connectivity index (χ1v) is 4.88. The van der Waals surface area contributed by atoms with Crippen molar-refractivity contribution in [3.63, 3.8) is 0 Å². The highest BCUT2D eigenvalue weighted by molar-refractivity contribution is 5.80. The molecule has 0 bridgehead atoms. The van der Waals surface area contributed by atoms with E-state index in [4.69, 9.17) is 4.74 Å². The minimum absolute atomic E-state index is 0.656. The molecule has 0 aromatic carbocycles.